The monoisotopic (exact) mass is 230 g/mol. The summed E-state index contributed by atoms with van der Waals surface area (Å²) in [5.74, 6) is 0.590. The van der Waals surface area contributed by atoms with Gasteiger partial charge in [-0.05, 0) is 12.8 Å². The van der Waals surface area contributed by atoms with Crippen LogP contribution in [-0.2, 0) is 9.47 Å². The van der Waals surface area contributed by atoms with Crippen molar-refractivity contribution in [3.05, 3.63) is 0 Å². The van der Waals surface area contributed by atoms with Crippen LogP contribution in [0.2, 0.25) is 0 Å². The van der Waals surface area contributed by atoms with Crippen molar-refractivity contribution >= 4 is 0 Å². The minimum absolute atomic E-state index is 0.0955. The van der Waals surface area contributed by atoms with Crippen molar-refractivity contribution in [3.63, 3.8) is 0 Å². The van der Waals surface area contributed by atoms with Gasteiger partial charge in [-0.3, -0.25) is 4.90 Å². The van der Waals surface area contributed by atoms with Gasteiger partial charge in [0.15, 0.2) is 0 Å². The predicted octanol–water partition coefficient (Wildman–Crippen LogP) is 0.705. The first kappa shape index (κ1) is 13.9. The Kier molecular flexibility index (Phi) is 5.69. The van der Waals surface area contributed by atoms with Crippen molar-refractivity contribution in [3.8, 4) is 0 Å². The summed E-state index contributed by atoms with van der Waals surface area (Å²) >= 11 is 0. The molecule has 0 bridgehead atoms. The van der Waals surface area contributed by atoms with Gasteiger partial charge in [-0.1, -0.05) is 13.8 Å². The lowest BCUT2D eigenvalue weighted by Gasteiger charge is -2.40. The van der Waals surface area contributed by atoms with Crippen LogP contribution in [0.1, 0.15) is 20.8 Å². The van der Waals surface area contributed by atoms with Crippen LogP contribution in [0.25, 0.3) is 0 Å². The molecule has 0 aromatic heterocycles. The summed E-state index contributed by atoms with van der Waals surface area (Å²) < 4.78 is 11.0. The first-order valence-electron chi connectivity index (χ1n) is 6.16. The second-order valence-corrected chi connectivity index (χ2v) is 5.03. The first-order chi connectivity index (χ1) is 7.56. The minimum Gasteiger partial charge on any atom is -0.383 e. The van der Waals surface area contributed by atoms with E-state index in [2.05, 4.69) is 18.7 Å². The van der Waals surface area contributed by atoms with Crippen molar-refractivity contribution in [2.24, 2.45) is 11.7 Å². The van der Waals surface area contributed by atoms with E-state index in [0.29, 0.717) is 12.0 Å². The normalized spacial score (nSPS) is 27.0. The summed E-state index contributed by atoms with van der Waals surface area (Å²) in [5.41, 5.74) is 5.90. The molecule has 0 saturated carbocycles. The molecule has 96 valence electrons. The molecule has 1 heterocycles. The molecule has 1 saturated heterocycles. The van der Waals surface area contributed by atoms with Gasteiger partial charge in [0.25, 0.3) is 0 Å². The van der Waals surface area contributed by atoms with Crippen LogP contribution in [0, 0.1) is 5.92 Å². The predicted molar refractivity (Wildman–Crippen MR) is 65.5 cm³/mol. The summed E-state index contributed by atoms with van der Waals surface area (Å²) in [6.07, 6.45) is 0.159. The maximum atomic E-state index is 5.90. The van der Waals surface area contributed by atoms with E-state index in [1.54, 1.807) is 7.11 Å². The lowest BCUT2D eigenvalue weighted by molar-refractivity contribution is -0.0683. The van der Waals surface area contributed by atoms with Gasteiger partial charge in [-0.2, -0.15) is 0 Å². The van der Waals surface area contributed by atoms with E-state index in [-0.39, 0.29) is 12.1 Å². The Hall–Kier alpha value is -0.160. The summed E-state index contributed by atoms with van der Waals surface area (Å²) in [6.45, 7) is 9.94. The molecule has 1 fully saturated rings. The van der Waals surface area contributed by atoms with Gasteiger partial charge in [-0.25, -0.2) is 0 Å². The van der Waals surface area contributed by atoms with Gasteiger partial charge in [-0.15, -0.1) is 0 Å². The Labute approximate surface area is 99.1 Å². The number of methoxy groups -OCH3 is 1. The highest BCUT2D eigenvalue weighted by Gasteiger charge is 2.29. The molecule has 3 unspecified atom stereocenters. The fourth-order valence-corrected chi connectivity index (χ4v) is 2.21. The van der Waals surface area contributed by atoms with Crippen LogP contribution in [0.5, 0.6) is 0 Å². The summed E-state index contributed by atoms with van der Waals surface area (Å²) in [4.78, 5) is 2.45. The largest absolute Gasteiger partial charge is 0.383 e. The highest BCUT2D eigenvalue weighted by molar-refractivity contribution is 4.83. The van der Waals surface area contributed by atoms with Gasteiger partial charge in [0.05, 0.1) is 19.3 Å². The zero-order chi connectivity index (χ0) is 12.1. The third-order valence-corrected chi connectivity index (χ3v) is 3.29. The van der Waals surface area contributed by atoms with E-state index >= 15 is 0 Å². The summed E-state index contributed by atoms with van der Waals surface area (Å²) in [6, 6.07) is 0.563. The third kappa shape index (κ3) is 3.70. The van der Waals surface area contributed by atoms with Crippen LogP contribution in [-0.4, -0.2) is 56.5 Å². The fourth-order valence-electron chi connectivity index (χ4n) is 2.21. The Balaban J connectivity index is 2.55. The van der Waals surface area contributed by atoms with Crippen LogP contribution in [0.3, 0.4) is 0 Å². The molecule has 0 aromatic carbocycles. The number of hydrogen-bond acceptors (Lipinski definition) is 4. The molecule has 1 rings (SSSR count). The Morgan fingerprint density at radius 2 is 2.12 bits per heavy atom. The van der Waals surface area contributed by atoms with Gasteiger partial charge >= 0.3 is 0 Å². The highest BCUT2D eigenvalue weighted by Crippen LogP contribution is 2.16. The number of ether oxygens (including phenoxy) is 2. The molecular weight excluding hydrogens is 204 g/mol. The third-order valence-electron chi connectivity index (χ3n) is 3.29. The number of nitrogens with two attached hydrogens (primary N) is 1. The summed E-state index contributed by atoms with van der Waals surface area (Å²) in [5, 5.41) is 0. The SMILES string of the molecule is COCC(C(C)C)N1CCOC(C(C)N)C1. The van der Waals surface area contributed by atoms with E-state index < -0.39 is 0 Å². The minimum atomic E-state index is 0.0955. The first-order valence-corrected chi connectivity index (χ1v) is 6.16. The quantitative estimate of drug-likeness (QED) is 0.755. The Morgan fingerprint density at radius 1 is 1.44 bits per heavy atom. The molecule has 0 aliphatic carbocycles. The number of morpholine rings is 1. The lowest BCUT2D eigenvalue weighted by Crippen LogP contribution is -2.55. The second kappa shape index (κ2) is 6.55. The van der Waals surface area contributed by atoms with E-state index in [4.69, 9.17) is 15.2 Å². The second-order valence-electron chi connectivity index (χ2n) is 5.03. The highest BCUT2D eigenvalue weighted by atomic mass is 16.5. The number of rotatable bonds is 5. The number of nitrogens with zero attached hydrogens (tertiary/aromatic N) is 1. The lowest BCUT2D eigenvalue weighted by atomic mass is 10.0. The number of hydrogen-bond donors (Lipinski definition) is 1. The van der Waals surface area contributed by atoms with Crippen LogP contribution < -0.4 is 5.73 Å². The van der Waals surface area contributed by atoms with Crippen molar-refractivity contribution in [2.45, 2.75) is 39.0 Å². The van der Waals surface area contributed by atoms with Crippen LogP contribution in [0.15, 0.2) is 0 Å². The molecule has 2 N–H and O–H groups in total. The Morgan fingerprint density at radius 3 is 2.62 bits per heavy atom. The van der Waals surface area contributed by atoms with Gasteiger partial charge < -0.3 is 15.2 Å². The van der Waals surface area contributed by atoms with Crippen molar-refractivity contribution in [1.82, 2.24) is 4.90 Å². The summed E-state index contributed by atoms with van der Waals surface area (Å²) in [7, 11) is 1.76. The molecule has 4 heteroatoms. The molecule has 0 radical (unpaired) electrons. The zero-order valence-corrected chi connectivity index (χ0v) is 11.0. The molecule has 4 nitrogen and oxygen atoms in total. The van der Waals surface area contributed by atoms with E-state index in [9.17, 15) is 0 Å². The molecule has 1 aliphatic heterocycles. The average Bonchev–Trinajstić information content (AvgIpc) is 2.25. The molecule has 16 heavy (non-hydrogen) atoms. The fraction of sp³-hybridized carbons (Fsp3) is 1.00. The van der Waals surface area contributed by atoms with Crippen LogP contribution in [0.4, 0.5) is 0 Å². The smallest absolute Gasteiger partial charge is 0.0850 e. The van der Waals surface area contributed by atoms with Crippen LogP contribution >= 0.6 is 0 Å². The van der Waals surface area contributed by atoms with Gasteiger partial charge in [0.2, 0.25) is 0 Å². The van der Waals surface area contributed by atoms with Crippen molar-refractivity contribution < 1.29 is 9.47 Å². The van der Waals surface area contributed by atoms with E-state index in [0.717, 1.165) is 26.3 Å². The molecule has 0 aromatic rings. The zero-order valence-electron chi connectivity index (χ0n) is 11.0. The standard InChI is InChI=1S/C12H26N2O2/c1-9(2)11(8-15-4)14-5-6-16-12(7-14)10(3)13/h9-12H,5-8,13H2,1-4H3. The van der Waals surface area contributed by atoms with Gasteiger partial charge in [0, 0.05) is 32.3 Å². The molecular formula is C12H26N2O2. The van der Waals surface area contributed by atoms with E-state index in [1.807, 2.05) is 6.92 Å². The topological polar surface area (TPSA) is 47.7 Å². The molecule has 1 aliphatic rings. The molecule has 0 amide bonds. The average molecular weight is 230 g/mol. The molecule has 3 atom stereocenters. The maximum absolute atomic E-state index is 5.90. The van der Waals surface area contributed by atoms with Crippen molar-refractivity contribution in [1.29, 1.82) is 0 Å². The van der Waals surface area contributed by atoms with Gasteiger partial charge in [0.1, 0.15) is 0 Å². The maximum Gasteiger partial charge on any atom is 0.0850 e. The molecule has 0 spiro atoms. The Bertz CT molecular complexity index is 197. The van der Waals surface area contributed by atoms with E-state index in [1.165, 1.54) is 0 Å². The van der Waals surface area contributed by atoms with Crippen molar-refractivity contribution in [2.75, 3.05) is 33.4 Å².